The fourth-order valence-electron chi connectivity index (χ4n) is 2.11. The lowest BCUT2D eigenvalue weighted by molar-refractivity contribution is 0.336. The maximum Gasteiger partial charge on any atom is 0.132 e. The molecule has 0 saturated carbocycles. The number of hydrogen-bond donors (Lipinski definition) is 2. The summed E-state index contributed by atoms with van der Waals surface area (Å²) in [6.45, 7) is 7.30. The zero-order valence-electron chi connectivity index (χ0n) is 12.9. The van der Waals surface area contributed by atoms with Gasteiger partial charge in [0.15, 0.2) is 0 Å². The molecule has 0 aliphatic rings. The average molecular weight is 352 g/mol. The van der Waals surface area contributed by atoms with Gasteiger partial charge in [-0.25, -0.2) is 4.98 Å². The van der Waals surface area contributed by atoms with Gasteiger partial charge in [0.2, 0.25) is 0 Å². The summed E-state index contributed by atoms with van der Waals surface area (Å²) in [5.74, 6) is 1.58. The lowest BCUT2D eigenvalue weighted by Gasteiger charge is -2.14. The molecule has 0 aliphatic heterocycles. The maximum atomic E-state index is 5.87. The molecule has 2 aromatic rings. The average Bonchev–Trinajstić information content (AvgIpc) is 2.48. The molecule has 6 heteroatoms. The van der Waals surface area contributed by atoms with Gasteiger partial charge in [-0.1, -0.05) is 48.0 Å². The lowest BCUT2D eigenvalue weighted by atomic mass is 10.1. The zero-order chi connectivity index (χ0) is 16.7. The molecule has 122 valence electrons. The van der Waals surface area contributed by atoms with Gasteiger partial charge >= 0.3 is 0 Å². The quantitative estimate of drug-likeness (QED) is 0.687. The largest absolute Gasteiger partial charge is 0.494 e. The van der Waals surface area contributed by atoms with Crippen molar-refractivity contribution in [1.82, 2.24) is 10.3 Å². The van der Waals surface area contributed by atoms with E-state index >= 15 is 0 Å². The number of nitrogens with zero attached hydrogens (tertiary/aromatic N) is 1. The van der Waals surface area contributed by atoms with Crippen LogP contribution < -0.4 is 15.4 Å². The molecule has 4 nitrogen and oxygen atoms in total. The van der Waals surface area contributed by atoms with Crippen molar-refractivity contribution in [2.45, 2.75) is 13.3 Å². The summed E-state index contributed by atoms with van der Waals surface area (Å²) in [5, 5.41) is 6.99. The highest BCUT2D eigenvalue weighted by molar-refractivity contribution is 6.32. The minimum absolute atomic E-state index is 0.332. The summed E-state index contributed by atoms with van der Waals surface area (Å²) >= 11 is 11.7. The molecule has 0 fully saturated rings. The normalized spacial score (nSPS) is 10.2. The van der Waals surface area contributed by atoms with Crippen LogP contribution in [0.15, 0.2) is 48.8 Å². The van der Waals surface area contributed by atoms with Gasteiger partial charge in [0.1, 0.15) is 16.1 Å². The first kappa shape index (κ1) is 17.4. The number of aromatic nitrogens is 1. The van der Waals surface area contributed by atoms with Crippen LogP contribution in [0.4, 0.5) is 5.69 Å². The number of ether oxygens (including phenoxy) is 1. The maximum absolute atomic E-state index is 5.87. The standard InChI is InChI=1S/C17H19Cl2N3O/c1-3-23-15-7-5-4-6-13(15)8-9-20-12(2)21-14-10-16(18)22-17(19)11-14/h4-7,10-11,20H,2-3,8-9H2,1H3,(H,21,22). The predicted octanol–water partition coefficient (Wildman–Crippen LogP) is 4.50. The fourth-order valence-corrected chi connectivity index (χ4v) is 2.57. The second-order valence-electron chi connectivity index (χ2n) is 4.82. The Bertz CT molecular complexity index is 656. The first-order valence-electron chi connectivity index (χ1n) is 7.32. The van der Waals surface area contributed by atoms with E-state index in [0.29, 0.717) is 22.7 Å². The second kappa shape index (κ2) is 8.65. The summed E-state index contributed by atoms with van der Waals surface area (Å²) in [5.41, 5.74) is 1.90. The summed E-state index contributed by atoms with van der Waals surface area (Å²) < 4.78 is 5.61. The van der Waals surface area contributed by atoms with E-state index in [-0.39, 0.29) is 0 Å². The van der Waals surface area contributed by atoms with E-state index in [1.165, 1.54) is 0 Å². The van der Waals surface area contributed by atoms with Gasteiger partial charge in [0, 0.05) is 12.2 Å². The van der Waals surface area contributed by atoms with Crippen LogP contribution in [0.25, 0.3) is 0 Å². The highest BCUT2D eigenvalue weighted by Crippen LogP contribution is 2.20. The van der Waals surface area contributed by atoms with Gasteiger partial charge in [-0.15, -0.1) is 0 Å². The van der Waals surface area contributed by atoms with Crippen molar-refractivity contribution in [3.63, 3.8) is 0 Å². The Morgan fingerprint density at radius 2 is 1.91 bits per heavy atom. The van der Waals surface area contributed by atoms with E-state index in [2.05, 4.69) is 28.3 Å². The van der Waals surface area contributed by atoms with Crippen LogP contribution in [-0.2, 0) is 6.42 Å². The van der Waals surface area contributed by atoms with Crippen molar-refractivity contribution in [2.75, 3.05) is 18.5 Å². The van der Waals surface area contributed by atoms with Crippen molar-refractivity contribution in [3.05, 3.63) is 64.7 Å². The van der Waals surface area contributed by atoms with Crippen LogP contribution in [0, 0.1) is 0 Å². The van der Waals surface area contributed by atoms with Crippen LogP contribution in [0.5, 0.6) is 5.75 Å². The van der Waals surface area contributed by atoms with Gasteiger partial charge < -0.3 is 15.4 Å². The fraction of sp³-hybridized carbons (Fsp3) is 0.235. The minimum Gasteiger partial charge on any atom is -0.494 e. The van der Waals surface area contributed by atoms with E-state index < -0.39 is 0 Å². The molecule has 0 aliphatic carbocycles. The summed E-state index contributed by atoms with van der Waals surface area (Å²) in [7, 11) is 0. The Kier molecular flexibility index (Phi) is 6.56. The van der Waals surface area contributed by atoms with Crippen molar-refractivity contribution < 1.29 is 4.74 Å². The van der Waals surface area contributed by atoms with E-state index in [1.807, 2.05) is 25.1 Å². The third kappa shape index (κ3) is 5.66. The van der Waals surface area contributed by atoms with E-state index in [4.69, 9.17) is 27.9 Å². The minimum atomic E-state index is 0.332. The monoisotopic (exact) mass is 351 g/mol. The SMILES string of the molecule is C=C(NCCc1ccccc1OCC)Nc1cc(Cl)nc(Cl)c1. The summed E-state index contributed by atoms with van der Waals surface area (Å²) in [6.07, 6.45) is 0.828. The summed E-state index contributed by atoms with van der Waals surface area (Å²) in [4.78, 5) is 3.90. The van der Waals surface area contributed by atoms with Gasteiger partial charge in [0.05, 0.1) is 12.4 Å². The molecule has 2 N–H and O–H groups in total. The van der Waals surface area contributed by atoms with Crippen LogP contribution in [0.1, 0.15) is 12.5 Å². The highest BCUT2D eigenvalue weighted by Gasteiger charge is 2.03. The lowest BCUT2D eigenvalue weighted by Crippen LogP contribution is -2.21. The van der Waals surface area contributed by atoms with Gasteiger partial charge in [0.25, 0.3) is 0 Å². The van der Waals surface area contributed by atoms with Crippen LogP contribution in [0.2, 0.25) is 10.3 Å². The molecule has 0 spiro atoms. The van der Waals surface area contributed by atoms with Crippen molar-refractivity contribution >= 4 is 28.9 Å². The van der Waals surface area contributed by atoms with E-state index in [0.717, 1.165) is 30.0 Å². The van der Waals surface area contributed by atoms with Crippen LogP contribution in [0.3, 0.4) is 0 Å². The number of nitrogens with one attached hydrogen (secondary N) is 2. The molecular formula is C17H19Cl2N3O. The third-order valence-corrected chi connectivity index (χ3v) is 3.45. The Morgan fingerprint density at radius 1 is 1.22 bits per heavy atom. The number of rotatable bonds is 8. The third-order valence-electron chi connectivity index (χ3n) is 3.06. The Balaban J connectivity index is 1.85. The molecule has 1 aromatic carbocycles. The topological polar surface area (TPSA) is 46.2 Å². The van der Waals surface area contributed by atoms with Gasteiger partial charge in [-0.3, -0.25) is 0 Å². The highest BCUT2D eigenvalue weighted by atomic mass is 35.5. The van der Waals surface area contributed by atoms with Crippen molar-refractivity contribution in [3.8, 4) is 5.75 Å². The molecular weight excluding hydrogens is 333 g/mol. The number of anilines is 1. The molecule has 0 saturated heterocycles. The first-order chi connectivity index (χ1) is 11.1. The Morgan fingerprint density at radius 3 is 2.61 bits per heavy atom. The van der Waals surface area contributed by atoms with Crippen LogP contribution >= 0.6 is 23.2 Å². The molecule has 23 heavy (non-hydrogen) atoms. The molecule has 0 amide bonds. The number of para-hydroxylation sites is 1. The number of hydrogen-bond acceptors (Lipinski definition) is 4. The van der Waals surface area contributed by atoms with Gasteiger partial charge in [-0.05, 0) is 37.1 Å². The molecule has 1 heterocycles. The molecule has 2 rings (SSSR count). The number of pyridine rings is 1. The molecule has 1 aromatic heterocycles. The molecule has 0 atom stereocenters. The van der Waals surface area contributed by atoms with E-state index in [1.54, 1.807) is 12.1 Å². The van der Waals surface area contributed by atoms with E-state index in [9.17, 15) is 0 Å². The predicted molar refractivity (Wildman–Crippen MR) is 96.3 cm³/mol. The first-order valence-corrected chi connectivity index (χ1v) is 8.07. The second-order valence-corrected chi connectivity index (χ2v) is 5.60. The zero-order valence-corrected chi connectivity index (χ0v) is 14.4. The molecule has 0 radical (unpaired) electrons. The number of halogens is 2. The summed E-state index contributed by atoms with van der Waals surface area (Å²) in [6, 6.07) is 11.4. The molecule has 0 unspecified atom stereocenters. The Labute approximate surface area is 146 Å². The van der Waals surface area contributed by atoms with Crippen LogP contribution in [-0.4, -0.2) is 18.1 Å². The Hall–Kier alpha value is -1.91. The van der Waals surface area contributed by atoms with Crippen molar-refractivity contribution in [2.24, 2.45) is 0 Å². The molecule has 0 bridgehead atoms. The van der Waals surface area contributed by atoms with Crippen molar-refractivity contribution in [1.29, 1.82) is 0 Å². The number of benzene rings is 1. The smallest absolute Gasteiger partial charge is 0.132 e. The van der Waals surface area contributed by atoms with Gasteiger partial charge in [-0.2, -0.15) is 0 Å².